The molecular weight excluding hydrogens is 179 g/mol. The number of hydrogen-bond acceptors (Lipinski definition) is 1. The lowest BCUT2D eigenvalue weighted by atomic mass is 9.77. The normalized spacial score (nSPS) is 13.4. The van der Waals surface area contributed by atoms with Crippen LogP contribution in [-0.4, -0.2) is 20.0 Å². The van der Waals surface area contributed by atoms with Crippen molar-refractivity contribution in [1.82, 2.24) is 0 Å². The Bertz CT molecular complexity index is 185. The predicted octanol–water partition coefficient (Wildman–Crippen LogP) is 2.60. The summed E-state index contributed by atoms with van der Waals surface area (Å²) in [7, 11) is 0. The maximum atomic E-state index is 12.4. The van der Waals surface area contributed by atoms with E-state index in [9.17, 15) is 13.2 Å². The lowest BCUT2D eigenvalue weighted by Gasteiger charge is -2.28. The second kappa shape index (κ2) is 5.63. The minimum absolute atomic E-state index is 0.105. The van der Waals surface area contributed by atoms with Crippen LogP contribution in [0.3, 0.4) is 0 Å². The highest BCUT2D eigenvalue weighted by atomic mass is 19.1. The van der Waals surface area contributed by atoms with Gasteiger partial charge in [-0.2, -0.15) is 5.26 Å². The van der Waals surface area contributed by atoms with E-state index in [1.165, 1.54) is 6.08 Å². The summed E-state index contributed by atoms with van der Waals surface area (Å²) in [5.41, 5.74) is -1.79. The van der Waals surface area contributed by atoms with E-state index in [2.05, 4.69) is 6.58 Å². The summed E-state index contributed by atoms with van der Waals surface area (Å²) < 4.78 is 37.2. The van der Waals surface area contributed by atoms with Crippen molar-refractivity contribution >= 4 is 0 Å². The topological polar surface area (TPSA) is 23.8 Å². The van der Waals surface area contributed by atoms with Crippen LogP contribution in [0.1, 0.15) is 6.42 Å². The molecule has 0 aromatic heterocycles. The first-order chi connectivity index (χ1) is 6.20. The smallest absolute Gasteiger partial charge is 0.101 e. The van der Waals surface area contributed by atoms with E-state index >= 15 is 0 Å². The van der Waals surface area contributed by atoms with Crippen LogP contribution in [0.4, 0.5) is 13.2 Å². The number of alkyl halides is 3. The van der Waals surface area contributed by atoms with Gasteiger partial charge >= 0.3 is 0 Å². The van der Waals surface area contributed by atoms with E-state index in [1.54, 1.807) is 6.07 Å². The molecule has 0 aliphatic rings. The van der Waals surface area contributed by atoms with E-state index in [4.69, 9.17) is 5.26 Å². The molecule has 0 aromatic carbocycles. The number of nitrogens with zero attached hydrogens (tertiary/aromatic N) is 1. The summed E-state index contributed by atoms with van der Waals surface area (Å²) in [5.74, 6) is -0.981. The molecule has 13 heavy (non-hydrogen) atoms. The van der Waals surface area contributed by atoms with Gasteiger partial charge < -0.3 is 0 Å². The van der Waals surface area contributed by atoms with Crippen LogP contribution in [0.2, 0.25) is 0 Å². The van der Waals surface area contributed by atoms with Crippen LogP contribution in [0.5, 0.6) is 0 Å². The molecule has 1 atom stereocenters. The minimum Gasteiger partial charge on any atom is -0.250 e. The van der Waals surface area contributed by atoms with E-state index in [0.29, 0.717) is 0 Å². The summed E-state index contributed by atoms with van der Waals surface area (Å²) >= 11 is 0. The van der Waals surface area contributed by atoms with Crippen LogP contribution < -0.4 is 0 Å². The van der Waals surface area contributed by atoms with E-state index in [1.807, 2.05) is 0 Å². The molecule has 0 amide bonds. The van der Waals surface area contributed by atoms with E-state index < -0.39 is 31.4 Å². The molecule has 0 rings (SSSR count). The van der Waals surface area contributed by atoms with Crippen LogP contribution >= 0.6 is 0 Å². The maximum Gasteiger partial charge on any atom is 0.101 e. The van der Waals surface area contributed by atoms with Crippen LogP contribution in [-0.2, 0) is 0 Å². The highest BCUT2D eigenvalue weighted by Gasteiger charge is 2.39. The van der Waals surface area contributed by atoms with Gasteiger partial charge in [-0.25, -0.2) is 0 Å². The largest absolute Gasteiger partial charge is 0.250 e. The highest BCUT2D eigenvalue weighted by Crippen LogP contribution is 2.32. The molecule has 0 aromatic rings. The Morgan fingerprint density at radius 1 is 1.31 bits per heavy atom. The van der Waals surface area contributed by atoms with Crippen molar-refractivity contribution in [2.24, 2.45) is 11.3 Å². The van der Waals surface area contributed by atoms with Gasteiger partial charge in [0.05, 0.1) is 17.4 Å². The molecule has 4 heteroatoms. The summed E-state index contributed by atoms with van der Waals surface area (Å²) in [5, 5.41) is 8.59. The first-order valence-corrected chi connectivity index (χ1v) is 3.89. The predicted molar refractivity (Wildman–Crippen MR) is 44.3 cm³/mol. The molecule has 0 spiro atoms. The zero-order valence-corrected chi connectivity index (χ0v) is 7.27. The van der Waals surface area contributed by atoms with Gasteiger partial charge in [0.25, 0.3) is 0 Å². The molecule has 0 fully saturated rings. The van der Waals surface area contributed by atoms with Gasteiger partial charge in [-0.05, 0) is 6.42 Å². The van der Waals surface area contributed by atoms with Crippen molar-refractivity contribution in [2.75, 3.05) is 20.0 Å². The Hall–Kier alpha value is -0.980. The first-order valence-electron chi connectivity index (χ1n) is 3.89. The average Bonchev–Trinajstić information content (AvgIpc) is 2.19. The molecular formula is C9H12F3N. The summed E-state index contributed by atoms with van der Waals surface area (Å²) in [6.45, 7) is -0.136. The molecule has 0 N–H and O–H groups in total. The van der Waals surface area contributed by atoms with Crippen molar-refractivity contribution in [2.45, 2.75) is 6.42 Å². The average molecular weight is 191 g/mol. The van der Waals surface area contributed by atoms with Gasteiger partial charge in [0.1, 0.15) is 20.0 Å². The van der Waals surface area contributed by atoms with E-state index in [0.717, 1.165) is 0 Å². The van der Waals surface area contributed by atoms with Crippen LogP contribution in [0, 0.1) is 22.7 Å². The Kier molecular flexibility index (Phi) is 5.20. The molecule has 0 heterocycles. The molecule has 0 saturated carbocycles. The lowest BCUT2D eigenvalue weighted by Crippen LogP contribution is -2.36. The standard InChI is InChI=1S/C9H12F3N/c1-2-3-8(4-13)9(5-10,6-11)7-12/h2,8H,1,3,5-7H2. The quantitative estimate of drug-likeness (QED) is 0.592. The second-order valence-corrected chi connectivity index (χ2v) is 2.97. The number of hydrogen-bond donors (Lipinski definition) is 0. The zero-order valence-electron chi connectivity index (χ0n) is 7.27. The first kappa shape index (κ1) is 12.0. The second-order valence-electron chi connectivity index (χ2n) is 2.97. The third-order valence-electron chi connectivity index (χ3n) is 2.10. The summed E-state index contributed by atoms with van der Waals surface area (Å²) in [4.78, 5) is 0. The van der Waals surface area contributed by atoms with Crippen LogP contribution in [0.15, 0.2) is 12.7 Å². The van der Waals surface area contributed by atoms with Crippen molar-refractivity contribution in [3.8, 4) is 6.07 Å². The summed E-state index contributed by atoms with van der Waals surface area (Å²) in [6.07, 6.45) is 1.47. The minimum atomic E-state index is -1.79. The van der Waals surface area contributed by atoms with E-state index in [-0.39, 0.29) is 6.42 Å². The summed E-state index contributed by atoms with van der Waals surface area (Å²) in [6, 6.07) is 1.71. The van der Waals surface area contributed by atoms with Gasteiger partial charge in [0, 0.05) is 0 Å². The Balaban J connectivity index is 4.67. The number of rotatable bonds is 6. The fraction of sp³-hybridized carbons (Fsp3) is 0.667. The third-order valence-corrected chi connectivity index (χ3v) is 2.10. The van der Waals surface area contributed by atoms with Crippen LogP contribution in [0.25, 0.3) is 0 Å². The number of halogens is 3. The number of allylic oxidation sites excluding steroid dienone is 1. The Labute approximate surface area is 75.9 Å². The Morgan fingerprint density at radius 3 is 2.00 bits per heavy atom. The van der Waals surface area contributed by atoms with Gasteiger partial charge in [-0.1, -0.05) is 6.08 Å². The van der Waals surface area contributed by atoms with Crippen molar-refractivity contribution < 1.29 is 13.2 Å². The van der Waals surface area contributed by atoms with Crippen molar-refractivity contribution in [1.29, 1.82) is 5.26 Å². The number of nitriles is 1. The van der Waals surface area contributed by atoms with Crippen molar-refractivity contribution in [3.63, 3.8) is 0 Å². The van der Waals surface area contributed by atoms with Gasteiger partial charge in [-0.3, -0.25) is 13.2 Å². The monoisotopic (exact) mass is 191 g/mol. The van der Waals surface area contributed by atoms with Crippen molar-refractivity contribution in [3.05, 3.63) is 12.7 Å². The molecule has 0 radical (unpaired) electrons. The molecule has 0 aliphatic carbocycles. The zero-order chi connectivity index (χ0) is 10.3. The molecule has 0 saturated heterocycles. The molecule has 1 unspecified atom stereocenters. The highest BCUT2D eigenvalue weighted by molar-refractivity contribution is 5.00. The molecule has 74 valence electrons. The fourth-order valence-corrected chi connectivity index (χ4v) is 0.993. The molecule has 0 aliphatic heterocycles. The fourth-order valence-electron chi connectivity index (χ4n) is 0.993. The van der Waals surface area contributed by atoms with Gasteiger partial charge in [0.2, 0.25) is 0 Å². The lowest BCUT2D eigenvalue weighted by molar-refractivity contribution is 0.0712. The maximum absolute atomic E-state index is 12.4. The van der Waals surface area contributed by atoms with Gasteiger partial charge in [-0.15, -0.1) is 6.58 Å². The Morgan fingerprint density at radius 2 is 1.77 bits per heavy atom. The van der Waals surface area contributed by atoms with Gasteiger partial charge in [0.15, 0.2) is 0 Å². The SMILES string of the molecule is C=CCC(C#N)C(CF)(CF)CF. The molecule has 0 bridgehead atoms. The molecule has 1 nitrogen and oxygen atoms in total. The third kappa shape index (κ3) is 2.48.